The molecule has 24 heavy (non-hydrogen) atoms. The summed E-state index contributed by atoms with van der Waals surface area (Å²) in [7, 11) is 1.65. The van der Waals surface area contributed by atoms with Crippen molar-refractivity contribution in [3.8, 4) is 17.0 Å². The molecular formula is C17H15N3O3S. The van der Waals surface area contributed by atoms with Crippen LogP contribution in [-0.4, -0.2) is 17.0 Å². The van der Waals surface area contributed by atoms with Crippen LogP contribution in [0.2, 0.25) is 0 Å². The van der Waals surface area contributed by atoms with Crippen LogP contribution in [0.5, 0.6) is 5.75 Å². The van der Waals surface area contributed by atoms with E-state index in [1.54, 1.807) is 19.2 Å². The SMILES string of the molecule is COc1ccccc1CNc1nc(-c2ccc([N+](=O)[O-])cc2)cs1. The number of hydrogen-bond acceptors (Lipinski definition) is 6. The number of benzene rings is 2. The maximum absolute atomic E-state index is 10.7. The number of nitrogens with zero attached hydrogens (tertiary/aromatic N) is 2. The van der Waals surface area contributed by atoms with E-state index in [1.165, 1.54) is 23.5 Å². The Morgan fingerprint density at radius 1 is 1.21 bits per heavy atom. The standard InChI is InChI=1S/C17H15N3O3S/c1-23-16-5-3-2-4-13(16)10-18-17-19-15(11-24-17)12-6-8-14(9-7-12)20(21)22/h2-9,11H,10H2,1H3,(H,18,19). The van der Waals surface area contributed by atoms with Gasteiger partial charge in [-0.1, -0.05) is 18.2 Å². The molecule has 3 rings (SSSR count). The molecule has 0 saturated heterocycles. The van der Waals surface area contributed by atoms with Gasteiger partial charge in [0.05, 0.1) is 17.7 Å². The molecule has 6 nitrogen and oxygen atoms in total. The molecular weight excluding hydrogens is 326 g/mol. The molecule has 0 amide bonds. The van der Waals surface area contributed by atoms with Crippen molar-refractivity contribution in [1.29, 1.82) is 0 Å². The summed E-state index contributed by atoms with van der Waals surface area (Å²) in [6.45, 7) is 0.608. The summed E-state index contributed by atoms with van der Waals surface area (Å²) in [5.41, 5.74) is 2.76. The molecule has 0 saturated carbocycles. The zero-order valence-corrected chi connectivity index (χ0v) is 13.7. The van der Waals surface area contributed by atoms with Crippen LogP contribution in [0.3, 0.4) is 0 Å². The largest absolute Gasteiger partial charge is 0.496 e. The van der Waals surface area contributed by atoms with Crippen LogP contribution in [0.4, 0.5) is 10.8 Å². The molecule has 1 N–H and O–H groups in total. The Morgan fingerprint density at radius 3 is 2.67 bits per heavy atom. The molecule has 2 aromatic carbocycles. The highest BCUT2D eigenvalue weighted by molar-refractivity contribution is 7.14. The first-order chi connectivity index (χ1) is 11.7. The first-order valence-corrected chi connectivity index (χ1v) is 8.11. The predicted molar refractivity (Wildman–Crippen MR) is 94.5 cm³/mol. The average Bonchev–Trinajstić information content (AvgIpc) is 3.09. The number of hydrogen-bond donors (Lipinski definition) is 1. The minimum Gasteiger partial charge on any atom is -0.496 e. The number of para-hydroxylation sites is 1. The Hall–Kier alpha value is -2.93. The van der Waals surface area contributed by atoms with Gasteiger partial charge in [-0.3, -0.25) is 10.1 Å². The van der Waals surface area contributed by atoms with Crippen molar-refractivity contribution in [2.24, 2.45) is 0 Å². The number of thiazole rings is 1. The number of methoxy groups -OCH3 is 1. The van der Waals surface area contributed by atoms with Crippen molar-refractivity contribution in [1.82, 2.24) is 4.98 Å². The third-order valence-electron chi connectivity index (χ3n) is 3.50. The Balaban J connectivity index is 1.70. The maximum Gasteiger partial charge on any atom is 0.269 e. The van der Waals surface area contributed by atoms with Gasteiger partial charge in [0.2, 0.25) is 0 Å². The van der Waals surface area contributed by atoms with Crippen LogP contribution >= 0.6 is 11.3 Å². The number of ether oxygens (including phenoxy) is 1. The van der Waals surface area contributed by atoms with Crippen molar-refractivity contribution < 1.29 is 9.66 Å². The van der Waals surface area contributed by atoms with E-state index in [0.29, 0.717) is 6.54 Å². The second-order valence-electron chi connectivity index (χ2n) is 5.01. The quantitative estimate of drug-likeness (QED) is 0.533. The number of non-ortho nitro benzene ring substituents is 1. The van der Waals surface area contributed by atoms with Crippen molar-refractivity contribution >= 4 is 22.2 Å². The van der Waals surface area contributed by atoms with Gasteiger partial charge in [-0.25, -0.2) is 4.98 Å². The lowest BCUT2D eigenvalue weighted by molar-refractivity contribution is -0.384. The van der Waals surface area contributed by atoms with Crippen molar-refractivity contribution in [3.63, 3.8) is 0 Å². The number of nitro benzene ring substituents is 1. The minimum atomic E-state index is -0.412. The van der Waals surface area contributed by atoms with Gasteiger partial charge in [0.15, 0.2) is 5.13 Å². The van der Waals surface area contributed by atoms with Gasteiger partial charge < -0.3 is 10.1 Å². The van der Waals surface area contributed by atoms with Crippen molar-refractivity contribution in [2.45, 2.75) is 6.54 Å². The highest BCUT2D eigenvalue weighted by Crippen LogP contribution is 2.27. The zero-order chi connectivity index (χ0) is 16.9. The molecule has 0 unspecified atom stereocenters. The van der Waals surface area contributed by atoms with E-state index in [2.05, 4.69) is 10.3 Å². The molecule has 0 bridgehead atoms. The van der Waals surface area contributed by atoms with Gasteiger partial charge in [-0.05, 0) is 18.2 Å². The van der Waals surface area contributed by atoms with E-state index in [9.17, 15) is 10.1 Å². The minimum absolute atomic E-state index is 0.0727. The summed E-state index contributed by atoms with van der Waals surface area (Å²) in [4.78, 5) is 14.8. The van der Waals surface area contributed by atoms with E-state index in [1.807, 2.05) is 29.6 Å². The number of rotatable bonds is 6. The number of nitro groups is 1. The Labute approximate surface area is 142 Å². The number of nitrogens with one attached hydrogen (secondary N) is 1. The fourth-order valence-corrected chi connectivity index (χ4v) is 2.98. The molecule has 1 aromatic heterocycles. The normalized spacial score (nSPS) is 10.4. The molecule has 0 spiro atoms. The lowest BCUT2D eigenvalue weighted by atomic mass is 10.1. The van der Waals surface area contributed by atoms with Gasteiger partial charge in [-0.15, -0.1) is 11.3 Å². The molecule has 122 valence electrons. The molecule has 7 heteroatoms. The zero-order valence-electron chi connectivity index (χ0n) is 12.9. The molecule has 0 aliphatic heterocycles. The van der Waals surface area contributed by atoms with E-state index in [4.69, 9.17) is 4.74 Å². The third-order valence-corrected chi connectivity index (χ3v) is 4.30. The topological polar surface area (TPSA) is 77.3 Å². The highest BCUT2D eigenvalue weighted by Gasteiger charge is 2.09. The van der Waals surface area contributed by atoms with Gasteiger partial charge in [0, 0.05) is 35.2 Å². The third kappa shape index (κ3) is 3.52. The van der Waals surface area contributed by atoms with Crippen LogP contribution in [0.15, 0.2) is 53.9 Å². The van der Waals surface area contributed by atoms with Crippen molar-refractivity contribution in [2.75, 3.05) is 12.4 Å². The van der Waals surface area contributed by atoms with Crippen molar-refractivity contribution in [3.05, 3.63) is 69.6 Å². The van der Waals surface area contributed by atoms with E-state index >= 15 is 0 Å². The first-order valence-electron chi connectivity index (χ1n) is 7.23. The van der Waals surface area contributed by atoms with E-state index in [-0.39, 0.29) is 5.69 Å². The Bertz CT molecular complexity index is 846. The lowest BCUT2D eigenvalue weighted by Crippen LogP contribution is -2.01. The summed E-state index contributed by atoms with van der Waals surface area (Å²) >= 11 is 1.49. The summed E-state index contributed by atoms with van der Waals surface area (Å²) in [6, 6.07) is 14.2. The highest BCUT2D eigenvalue weighted by atomic mass is 32.1. The molecule has 0 atom stereocenters. The molecule has 1 heterocycles. The second-order valence-corrected chi connectivity index (χ2v) is 5.87. The maximum atomic E-state index is 10.7. The van der Waals surface area contributed by atoms with Crippen LogP contribution in [0.1, 0.15) is 5.56 Å². The Kier molecular flexibility index (Phi) is 4.72. The Morgan fingerprint density at radius 2 is 1.96 bits per heavy atom. The van der Waals surface area contributed by atoms with Gasteiger partial charge >= 0.3 is 0 Å². The van der Waals surface area contributed by atoms with Gasteiger partial charge in [0.1, 0.15) is 5.75 Å². The number of aromatic nitrogens is 1. The molecule has 3 aromatic rings. The molecule has 0 radical (unpaired) electrons. The molecule has 0 aliphatic carbocycles. The summed E-state index contributed by atoms with van der Waals surface area (Å²) in [5, 5.41) is 16.7. The predicted octanol–water partition coefficient (Wildman–Crippen LogP) is 4.34. The van der Waals surface area contributed by atoms with Crippen LogP contribution in [-0.2, 0) is 6.54 Å². The monoisotopic (exact) mass is 341 g/mol. The molecule has 0 aliphatic rings. The fraction of sp³-hybridized carbons (Fsp3) is 0.118. The van der Waals surface area contributed by atoms with Crippen LogP contribution in [0.25, 0.3) is 11.3 Å². The second kappa shape index (κ2) is 7.10. The molecule has 0 fully saturated rings. The van der Waals surface area contributed by atoms with Crippen LogP contribution in [0, 0.1) is 10.1 Å². The average molecular weight is 341 g/mol. The van der Waals surface area contributed by atoms with Crippen LogP contribution < -0.4 is 10.1 Å². The summed E-state index contributed by atoms with van der Waals surface area (Å²) in [5.74, 6) is 0.831. The van der Waals surface area contributed by atoms with E-state index in [0.717, 1.165) is 27.7 Å². The van der Waals surface area contributed by atoms with Gasteiger partial charge in [0.25, 0.3) is 5.69 Å². The van der Waals surface area contributed by atoms with E-state index < -0.39 is 4.92 Å². The summed E-state index contributed by atoms with van der Waals surface area (Å²) in [6.07, 6.45) is 0. The smallest absolute Gasteiger partial charge is 0.269 e. The summed E-state index contributed by atoms with van der Waals surface area (Å²) < 4.78 is 5.33. The number of anilines is 1. The van der Waals surface area contributed by atoms with Gasteiger partial charge in [-0.2, -0.15) is 0 Å². The fourth-order valence-electron chi connectivity index (χ4n) is 2.26. The lowest BCUT2D eigenvalue weighted by Gasteiger charge is -2.08. The first kappa shape index (κ1) is 15.9.